The van der Waals surface area contributed by atoms with E-state index in [2.05, 4.69) is 22.5 Å². The van der Waals surface area contributed by atoms with Crippen LogP contribution in [-0.4, -0.2) is 40.8 Å². The second-order valence-corrected chi connectivity index (χ2v) is 7.81. The Morgan fingerprint density at radius 3 is 2.83 bits per heavy atom. The number of carbonyl (C=O) groups excluding carboxylic acids is 1. The maximum Gasteiger partial charge on any atom is 0.274 e. The molecule has 0 aliphatic heterocycles. The molecule has 4 rings (SSSR count). The van der Waals surface area contributed by atoms with Gasteiger partial charge in [0.1, 0.15) is 11.5 Å². The largest absolute Gasteiger partial charge is 0.497 e. The molecule has 1 atom stereocenters. The molecule has 2 aromatic heterocycles. The number of furan rings is 1. The molecule has 7 heteroatoms. The highest BCUT2D eigenvalue weighted by molar-refractivity contribution is 5.94. The number of hydrogen-bond acceptors (Lipinski definition) is 5. The SMILES string of the molecule is COc1ccc(CNC2CCc3c(c(C(=O)N(C)Cc4ccco4)nn3C)C2)cc1. The molecule has 0 saturated carbocycles. The summed E-state index contributed by atoms with van der Waals surface area (Å²) in [6.45, 7) is 1.21. The standard InChI is InChI=1S/C23H28N4O3/c1-26(15-19-5-4-12-30-19)23(28)22-20-13-17(8-11-21(20)27(2)25-22)24-14-16-6-9-18(29-3)10-7-16/h4-7,9-10,12,17,24H,8,11,13-15H2,1-3H3. The van der Waals surface area contributed by atoms with Crippen LogP contribution in [0.25, 0.3) is 0 Å². The maximum absolute atomic E-state index is 13.1. The van der Waals surface area contributed by atoms with Crippen molar-refractivity contribution in [2.45, 2.75) is 38.4 Å². The summed E-state index contributed by atoms with van der Waals surface area (Å²) in [6.07, 6.45) is 4.36. The molecule has 1 aliphatic rings. The van der Waals surface area contributed by atoms with Gasteiger partial charge in [0, 0.05) is 37.9 Å². The summed E-state index contributed by atoms with van der Waals surface area (Å²) in [7, 11) is 5.38. The quantitative estimate of drug-likeness (QED) is 0.651. The van der Waals surface area contributed by atoms with E-state index in [4.69, 9.17) is 9.15 Å². The molecule has 1 aliphatic carbocycles. The smallest absolute Gasteiger partial charge is 0.274 e. The van der Waals surface area contributed by atoms with Gasteiger partial charge in [0.15, 0.2) is 5.69 Å². The van der Waals surface area contributed by atoms with E-state index in [1.54, 1.807) is 25.3 Å². The van der Waals surface area contributed by atoms with Gasteiger partial charge in [-0.05, 0) is 49.1 Å². The van der Waals surface area contributed by atoms with Crippen LogP contribution in [0.15, 0.2) is 47.1 Å². The van der Waals surface area contributed by atoms with E-state index in [1.807, 2.05) is 36.0 Å². The Hall–Kier alpha value is -3.06. The Bertz CT molecular complexity index is 992. The fraction of sp³-hybridized carbons (Fsp3) is 0.391. The van der Waals surface area contributed by atoms with Crippen molar-refractivity contribution in [3.63, 3.8) is 0 Å². The van der Waals surface area contributed by atoms with Crippen molar-refractivity contribution in [2.75, 3.05) is 14.2 Å². The molecule has 2 heterocycles. The number of aryl methyl sites for hydroxylation is 1. The van der Waals surface area contributed by atoms with Crippen molar-refractivity contribution in [1.82, 2.24) is 20.0 Å². The zero-order valence-corrected chi connectivity index (χ0v) is 17.7. The number of amides is 1. The summed E-state index contributed by atoms with van der Waals surface area (Å²) in [5, 5.41) is 8.21. The molecule has 7 nitrogen and oxygen atoms in total. The van der Waals surface area contributed by atoms with Gasteiger partial charge >= 0.3 is 0 Å². The van der Waals surface area contributed by atoms with Gasteiger partial charge in [0.2, 0.25) is 0 Å². The summed E-state index contributed by atoms with van der Waals surface area (Å²) < 4.78 is 12.5. The van der Waals surface area contributed by atoms with Crippen molar-refractivity contribution in [2.24, 2.45) is 7.05 Å². The molecular weight excluding hydrogens is 380 g/mol. The number of benzene rings is 1. The highest BCUT2D eigenvalue weighted by atomic mass is 16.5. The Balaban J connectivity index is 1.43. The molecule has 0 bridgehead atoms. The summed E-state index contributed by atoms with van der Waals surface area (Å²) in [6, 6.07) is 12.1. The lowest BCUT2D eigenvalue weighted by atomic mass is 9.91. The summed E-state index contributed by atoms with van der Waals surface area (Å²) in [5.74, 6) is 1.55. The van der Waals surface area contributed by atoms with E-state index in [-0.39, 0.29) is 5.91 Å². The Morgan fingerprint density at radius 1 is 1.33 bits per heavy atom. The molecule has 0 saturated heterocycles. The summed E-state index contributed by atoms with van der Waals surface area (Å²) in [5.41, 5.74) is 3.99. The molecular formula is C23H28N4O3. The predicted molar refractivity (Wildman–Crippen MR) is 113 cm³/mol. The van der Waals surface area contributed by atoms with Crippen LogP contribution < -0.4 is 10.1 Å². The Morgan fingerprint density at radius 2 is 2.13 bits per heavy atom. The Labute approximate surface area is 176 Å². The number of carbonyl (C=O) groups is 1. The second kappa shape index (κ2) is 8.75. The minimum absolute atomic E-state index is 0.0703. The molecule has 0 spiro atoms. The molecule has 1 aromatic carbocycles. The summed E-state index contributed by atoms with van der Waals surface area (Å²) >= 11 is 0. The first kappa shape index (κ1) is 20.2. The van der Waals surface area contributed by atoms with Crippen molar-refractivity contribution in [3.05, 3.63) is 70.9 Å². The van der Waals surface area contributed by atoms with Crippen molar-refractivity contribution >= 4 is 5.91 Å². The van der Waals surface area contributed by atoms with Gasteiger partial charge in [-0.15, -0.1) is 0 Å². The minimum Gasteiger partial charge on any atom is -0.497 e. The van der Waals surface area contributed by atoms with E-state index in [9.17, 15) is 4.79 Å². The van der Waals surface area contributed by atoms with E-state index < -0.39 is 0 Å². The molecule has 0 radical (unpaired) electrons. The molecule has 158 valence electrons. The average Bonchev–Trinajstić information content (AvgIpc) is 3.39. The van der Waals surface area contributed by atoms with Gasteiger partial charge in [0.05, 0.1) is 19.9 Å². The number of hydrogen-bond donors (Lipinski definition) is 1. The number of fused-ring (bicyclic) bond motifs is 1. The zero-order chi connectivity index (χ0) is 21.1. The first-order chi connectivity index (χ1) is 14.5. The lowest BCUT2D eigenvalue weighted by Crippen LogP contribution is -2.35. The number of nitrogens with one attached hydrogen (secondary N) is 1. The fourth-order valence-corrected chi connectivity index (χ4v) is 4.03. The third-order valence-corrected chi connectivity index (χ3v) is 5.73. The normalized spacial score (nSPS) is 15.6. The van der Waals surface area contributed by atoms with Gasteiger partial charge in [-0.1, -0.05) is 12.1 Å². The van der Waals surface area contributed by atoms with E-state index >= 15 is 0 Å². The third kappa shape index (κ3) is 4.26. The Kier molecular flexibility index (Phi) is 5.90. The molecule has 3 aromatic rings. The van der Waals surface area contributed by atoms with Crippen LogP contribution in [0.1, 0.15) is 39.5 Å². The highest BCUT2D eigenvalue weighted by Gasteiger charge is 2.29. The average molecular weight is 409 g/mol. The number of methoxy groups -OCH3 is 1. The fourth-order valence-electron chi connectivity index (χ4n) is 4.03. The number of nitrogens with zero attached hydrogens (tertiary/aromatic N) is 3. The maximum atomic E-state index is 13.1. The van der Waals surface area contributed by atoms with Gasteiger partial charge in [-0.2, -0.15) is 5.10 Å². The van der Waals surface area contributed by atoms with Crippen LogP contribution in [0.4, 0.5) is 0 Å². The van der Waals surface area contributed by atoms with Gasteiger partial charge in [0.25, 0.3) is 5.91 Å². The van der Waals surface area contributed by atoms with E-state index in [0.29, 0.717) is 18.3 Å². The second-order valence-electron chi connectivity index (χ2n) is 7.81. The number of aromatic nitrogens is 2. The van der Waals surface area contributed by atoms with E-state index in [0.717, 1.165) is 48.6 Å². The van der Waals surface area contributed by atoms with Crippen LogP contribution in [0, 0.1) is 0 Å². The summed E-state index contributed by atoms with van der Waals surface area (Å²) in [4.78, 5) is 14.7. The number of rotatable bonds is 7. The minimum atomic E-state index is -0.0703. The van der Waals surface area contributed by atoms with Crippen LogP contribution in [0.2, 0.25) is 0 Å². The zero-order valence-electron chi connectivity index (χ0n) is 17.7. The van der Waals surface area contributed by atoms with Crippen LogP contribution >= 0.6 is 0 Å². The van der Waals surface area contributed by atoms with E-state index in [1.165, 1.54) is 5.56 Å². The van der Waals surface area contributed by atoms with Crippen molar-refractivity contribution in [1.29, 1.82) is 0 Å². The van der Waals surface area contributed by atoms with Crippen LogP contribution in [-0.2, 0) is 33.0 Å². The molecule has 30 heavy (non-hydrogen) atoms. The molecule has 1 unspecified atom stereocenters. The monoisotopic (exact) mass is 408 g/mol. The van der Waals surface area contributed by atoms with Crippen molar-refractivity contribution in [3.8, 4) is 5.75 Å². The lowest BCUT2D eigenvalue weighted by molar-refractivity contribution is 0.0767. The lowest BCUT2D eigenvalue weighted by Gasteiger charge is -2.25. The highest BCUT2D eigenvalue weighted by Crippen LogP contribution is 2.26. The molecule has 1 amide bonds. The third-order valence-electron chi connectivity index (χ3n) is 5.73. The van der Waals surface area contributed by atoms with Gasteiger partial charge in [-0.3, -0.25) is 9.48 Å². The van der Waals surface area contributed by atoms with Crippen LogP contribution in [0.5, 0.6) is 5.75 Å². The molecule has 1 N–H and O–H groups in total. The first-order valence-corrected chi connectivity index (χ1v) is 10.2. The number of ether oxygens (including phenoxy) is 1. The van der Waals surface area contributed by atoms with Gasteiger partial charge in [-0.25, -0.2) is 0 Å². The van der Waals surface area contributed by atoms with Gasteiger partial charge < -0.3 is 19.4 Å². The first-order valence-electron chi connectivity index (χ1n) is 10.2. The predicted octanol–water partition coefficient (Wildman–Crippen LogP) is 2.94. The van der Waals surface area contributed by atoms with Crippen LogP contribution in [0.3, 0.4) is 0 Å². The molecule has 0 fully saturated rings. The topological polar surface area (TPSA) is 72.5 Å². The van der Waals surface area contributed by atoms with Crippen molar-refractivity contribution < 1.29 is 13.9 Å².